The van der Waals surface area contributed by atoms with E-state index in [1.165, 1.54) is 4.68 Å². The van der Waals surface area contributed by atoms with Crippen LogP contribution in [0, 0.1) is 0 Å². The van der Waals surface area contributed by atoms with Gasteiger partial charge in [0, 0.05) is 21.4 Å². The van der Waals surface area contributed by atoms with Gasteiger partial charge < -0.3 is 11.2 Å². The molecule has 0 aliphatic heterocycles. The fraction of sp³-hybridized carbons (Fsp3) is 0.333. The average molecular weight is 414 g/mol. The second-order valence-corrected chi connectivity index (χ2v) is 7.48. The summed E-state index contributed by atoms with van der Waals surface area (Å²) in [5.74, 6) is 6.13. The smallest absolute Gasteiger partial charge is 0.264 e. The summed E-state index contributed by atoms with van der Waals surface area (Å²) < 4.78 is 1.27. The Balaban J connectivity index is 1.54. The van der Waals surface area contributed by atoms with Gasteiger partial charge in [0.05, 0.1) is 5.75 Å². The van der Waals surface area contributed by atoms with E-state index in [4.69, 9.17) is 29.0 Å². The van der Waals surface area contributed by atoms with E-state index in [-0.39, 0.29) is 11.7 Å². The van der Waals surface area contributed by atoms with Gasteiger partial charge in [0.15, 0.2) is 0 Å². The molecule has 0 atom stereocenters. The van der Waals surface area contributed by atoms with Gasteiger partial charge in [-0.05, 0) is 43.9 Å². The van der Waals surface area contributed by atoms with Crippen molar-refractivity contribution in [3.63, 3.8) is 0 Å². The van der Waals surface area contributed by atoms with Crippen LogP contribution in [-0.4, -0.2) is 32.2 Å². The van der Waals surface area contributed by atoms with Crippen molar-refractivity contribution in [2.45, 2.75) is 30.8 Å². The summed E-state index contributed by atoms with van der Waals surface area (Å²) in [5.41, 5.74) is 4.45. The number of benzene rings is 1. The molecule has 1 aromatic carbocycles. The highest BCUT2D eigenvalue weighted by molar-refractivity contribution is 7.99. The summed E-state index contributed by atoms with van der Waals surface area (Å²) in [6.45, 7) is 0. The highest BCUT2D eigenvalue weighted by Gasteiger charge is 2.13. The molecule has 8 nitrogen and oxygen atoms in total. The summed E-state index contributed by atoms with van der Waals surface area (Å²) in [7, 11) is 0. The molecule has 1 aromatic heterocycles. The zero-order chi connectivity index (χ0) is 18.5. The molecule has 0 unspecified atom stereocenters. The molecule has 1 saturated carbocycles. The fourth-order valence-corrected chi connectivity index (χ4v) is 3.61. The van der Waals surface area contributed by atoms with E-state index in [2.05, 4.69) is 26.0 Å². The van der Waals surface area contributed by atoms with Crippen molar-refractivity contribution in [1.29, 1.82) is 0 Å². The van der Waals surface area contributed by atoms with Crippen molar-refractivity contribution in [3.8, 4) is 0 Å². The lowest BCUT2D eigenvalue weighted by Gasteiger charge is -2.06. The SMILES string of the molecule is Nn1c(NN=C2CCCC2)nnc1SCC(=O)Nc1cc(Cl)cc(Cl)c1. The quantitative estimate of drug-likeness (QED) is 0.380. The van der Waals surface area contributed by atoms with Gasteiger partial charge in [-0.1, -0.05) is 35.0 Å². The van der Waals surface area contributed by atoms with Crippen LogP contribution in [0.4, 0.5) is 11.6 Å². The molecular formula is C15H17Cl2N7OS. The maximum atomic E-state index is 12.1. The lowest BCUT2D eigenvalue weighted by Crippen LogP contribution is -2.17. The van der Waals surface area contributed by atoms with Gasteiger partial charge in [-0.15, -0.1) is 10.2 Å². The number of thioether (sulfide) groups is 1. The van der Waals surface area contributed by atoms with Crippen molar-refractivity contribution in [1.82, 2.24) is 14.9 Å². The van der Waals surface area contributed by atoms with Gasteiger partial charge in [0.25, 0.3) is 5.95 Å². The van der Waals surface area contributed by atoms with Gasteiger partial charge in [-0.3, -0.25) is 4.79 Å². The molecule has 1 aliphatic rings. The Bertz CT molecular complexity index is 811. The zero-order valence-electron chi connectivity index (χ0n) is 13.7. The highest BCUT2D eigenvalue weighted by atomic mass is 35.5. The van der Waals surface area contributed by atoms with Crippen LogP contribution < -0.4 is 16.6 Å². The highest BCUT2D eigenvalue weighted by Crippen LogP contribution is 2.23. The molecule has 0 spiro atoms. The third kappa shape index (κ3) is 5.03. The summed E-state index contributed by atoms with van der Waals surface area (Å²) >= 11 is 13.0. The number of hydrogen-bond acceptors (Lipinski definition) is 7. The number of nitrogens with zero attached hydrogens (tertiary/aromatic N) is 4. The third-order valence-corrected chi connectivity index (χ3v) is 5.02. The topological polar surface area (TPSA) is 110 Å². The van der Waals surface area contributed by atoms with Crippen molar-refractivity contribution >= 4 is 58.2 Å². The van der Waals surface area contributed by atoms with Crippen molar-refractivity contribution in [3.05, 3.63) is 28.2 Å². The molecule has 3 rings (SSSR count). The first-order valence-electron chi connectivity index (χ1n) is 7.92. The second-order valence-electron chi connectivity index (χ2n) is 5.67. The molecule has 1 amide bonds. The van der Waals surface area contributed by atoms with Crippen LogP contribution in [0.3, 0.4) is 0 Å². The van der Waals surface area contributed by atoms with Crippen LogP contribution in [0.2, 0.25) is 10.0 Å². The number of anilines is 2. The molecule has 138 valence electrons. The maximum absolute atomic E-state index is 12.1. The molecule has 2 aromatic rings. The number of amides is 1. The Morgan fingerprint density at radius 3 is 2.62 bits per heavy atom. The van der Waals surface area contributed by atoms with Crippen LogP contribution >= 0.6 is 35.0 Å². The molecule has 1 heterocycles. The third-order valence-electron chi connectivity index (χ3n) is 3.64. The minimum absolute atomic E-state index is 0.105. The number of nitrogens with one attached hydrogen (secondary N) is 2. The van der Waals surface area contributed by atoms with Crippen molar-refractivity contribution in [2.24, 2.45) is 5.10 Å². The summed E-state index contributed by atoms with van der Waals surface area (Å²) in [6.07, 6.45) is 4.29. The first-order valence-corrected chi connectivity index (χ1v) is 9.66. The van der Waals surface area contributed by atoms with E-state index in [0.29, 0.717) is 26.8 Å². The Morgan fingerprint density at radius 2 is 1.92 bits per heavy atom. The number of aromatic nitrogens is 3. The maximum Gasteiger partial charge on any atom is 0.264 e. The number of hydrogen-bond donors (Lipinski definition) is 3. The lowest BCUT2D eigenvalue weighted by atomic mass is 10.3. The molecular weight excluding hydrogens is 397 g/mol. The molecule has 11 heteroatoms. The number of carbonyl (C=O) groups excluding carboxylic acids is 1. The monoisotopic (exact) mass is 413 g/mol. The minimum atomic E-state index is -0.239. The normalized spacial score (nSPS) is 13.7. The number of rotatable bonds is 6. The number of halogens is 2. The Morgan fingerprint density at radius 1 is 1.23 bits per heavy atom. The molecule has 0 bridgehead atoms. The predicted octanol–water partition coefficient (Wildman–Crippen LogP) is 3.37. The van der Waals surface area contributed by atoms with E-state index in [9.17, 15) is 4.79 Å². The summed E-state index contributed by atoms with van der Waals surface area (Å²) in [6, 6.07) is 4.82. The van der Waals surface area contributed by atoms with Crippen LogP contribution in [0.25, 0.3) is 0 Å². The van der Waals surface area contributed by atoms with E-state index in [1.807, 2.05) is 0 Å². The molecule has 1 aliphatic carbocycles. The Kier molecular flexibility index (Phi) is 6.23. The van der Waals surface area contributed by atoms with Gasteiger partial charge in [-0.2, -0.15) is 5.10 Å². The Labute approximate surface area is 164 Å². The van der Waals surface area contributed by atoms with Crippen molar-refractivity contribution in [2.75, 3.05) is 22.3 Å². The van der Waals surface area contributed by atoms with E-state index < -0.39 is 0 Å². The predicted molar refractivity (Wildman–Crippen MR) is 106 cm³/mol. The number of nitrogens with two attached hydrogens (primary N) is 1. The van der Waals surface area contributed by atoms with Gasteiger partial charge in [-0.25, -0.2) is 10.1 Å². The largest absolute Gasteiger partial charge is 0.334 e. The molecule has 0 saturated heterocycles. The zero-order valence-corrected chi connectivity index (χ0v) is 16.0. The average Bonchev–Trinajstić information content (AvgIpc) is 3.20. The fourth-order valence-electron chi connectivity index (χ4n) is 2.43. The molecule has 4 N–H and O–H groups in total. The molecule has 1 fully saturated rings. The lowest BCUT2D eigenvalue weighted by molar-refractivity contribution is -0.113. The van der Waals surface area contributed by atoms with Crippen LogP contribution in [0.1, 0.15) is 25.7 Å². The van der Waals surface area contributed by atoms with E-state index in [0.717, 1.165) is 43.2 Å². The number of hydrazone groups is 1. The Hall–Kier alpha value is -1.97. The number of nitrogen functional groups attached to an aromatic ring is 1. The van der Waals surface area contributed by atoms with Gasteiger partial charge in [0.1, 0.15) is 0 Å². The second kappa shape index (κ2) is 8.61. The number of carbonyl (C=O) groups is 1. The first-order chi connectivity index (χ1) is 12.5. The van der Waals surface area contributed by atoms with Crippen LogP contribution in [-0.2, 0) is 4.79 Å². The summed E-state index contributed by atoms with van der Waals surface area (Å²) in [5, 5.41) is 16.2. The minimum Gasteiger partial charge on any atom is -0.334 e. The summed E-state index contributed by atoms with van der Waals surface area (Å²) in [4.78, 5) is 12.1. The van der Waals surface area contributed by atoms with Crippen LogP contribution in [0.15, 0.2) is 28.5 Å². The van der Waals surface area contributed by atoms with Gasteiger partial charge in [0.2, 0.25) is 11.1 Å². The van der Waals surface area contributed by atoms with E-state index in [1.54, 1.807) is 18.2 Å². The first kappa shape index (κ1) is 18.8. The van der Waals surface area contributed by atoms with Crippen molar-refractivity contribution < 1.29 is 4.79 Å². The molecule has 26 heavy (non-hydrogen) atoms. The van der Waals surface area contributed by atoms with Crippen LogP contribution in [0.5, 0.6) is 0 Å². The standard InChI is InChI=1S/C15H17Cl2N7OS/c16-9-5-10(17)7-12(6-9)19-13(25)8-26-15-23-22-14(24(15)18)21-20-11-3-1-2-4-11/h5-7H,1-4,8,18H2,(H,19,25)(H,21,22). The molecule has 0 radical (unpaired) electrons. The van der Waals surface area contributed by atoms with Gasteiger partial charge >= 0.3 is 0 Å². The van der Waals surface area contributed by atoms with E-state index >= 15 is 0 Å².